The van der Waals surface area contributed by atoms with Gasteiger partial charge in [0, 0.05) is 12.6 Å². The van der Waals surface area contributed by atoms with Gasteiger partial charge in [-0.05, 0) is 31.0 Å². The van der Waals surface area contributed by atoms with Crippen molar-refractivity contribution >= 4 is 27.9 Å². The number of carbonyl (C=O) groups excluding carboxylic acids is 3. The number of hydrogen-bond acceptors (Lipinski definition) is 6. The Kier molecular flexibility index (Phi) is 8.34. The van der Waals surface area contributed by atoms with E-state index in [0.717, 1.165) is 38.2 Å². The van der Waals surface area contributed by atoms with Crippen LogP contribution in [0.25, 0.3) is 0 Å². The predicted octanol–water partition coefficient (Wildman–Crippen LogP) is 1.47. The molecule has 1 aliphatic rings. The Morgan fingerprint density at radius 1 is 1.17 bits per heavy atom. The van der Waals surface area contributed by atoms with E-state index in [2.05, 4.69) is 21.9 Å². The molecule has 0 aromatic heterocycles. The van der Waals surface area contributed by atoms with Crippen LogP contribution in [0.2, 0.25) is 0 Å². The van der Waals surface area contributed by atoms with Crippen molar-refractivity contribution < 1.29 is 27.5 Å². The molecule has 0 heterocycles. The summed E-state index contributed by atoms with van der Waals surface area (Å²) in [4.78, 5) is 35.6. The summed E-state index contributed by atoms with van der Waals surface area (Å²) in [6.07, 6.45) is 6.35. The van der Waals surface area contributed by atoms with Crippen LogP contribution in [0.4, 0.5) is 4.79 Å². The molecule has 1 aliphatic carbocycles. The van der Waals surface area contributed by atoms with E-state index in [9.17, 15) is 22.8 Å². The molecular formula is C19H25N3O6S. The minimum Gasteiger partial charge on any atom is -0.452 e. The van der Waals surface area contributed by atoms with E-state index < -0.39 is 34.5 Å². The fourth-order valence-corrected chi connectivity index (χ4v) is 3.93. The second-order valence-corrected chi connectivity index (χ2v) is 8.37. The molecule has 0 bridgehead atoms. The van der Waals surface area contributed by atoms with Gasteiger partial charge in [-0.1, -0.05) is 31.4 Å². The average Bonchev–Trinajstić information content (AvgIpc) is 2.71. The van der Waals surface area contributed by atoms with Crippen molar-refractivity contribution in [2.45, 2.75) is 43.0 Å². The summed E-state index contributed by atoms with van der Waals surface area (Å²) in [6.45, 7) is 2.81. The monoisotopic (exact) mass is 423 g/mol. The summed E-state index contributed by atoms with van der Waals surface area (Å²) in [6, 6.07) is 4.63. The number of nitrogens with one attached hydrogen (secondary N) is 3. The van der Waals surface area contributed by atoms with Gasteiger partial charge >= 0.3 is 12.0 Å². The lowest BCUT2D eigenvalue weighted by molar-refractivity contribution is -0.123. The molecule has 3 N–H and O–H groups in total. The Bertz CT molecular complexity index is 862. The van der Waals surface area contributed by atoms with Crippen molar-refractivity contribution in [1.29, 1.82) is 0 Å². The third-order valence-electron chi connectivity index (χ3n) is 4.33. The van der Waals surface area contributed by atoms with Crippen LogP contribution in [0.3, 0.4) is 0 Å². The van der Waals surface area contributed by atoms with Crippen molar-refractivity contribution in [3.8, 4) is 0 Å². The van der Waals surface area contributed by atoms with Crippen molar-refractivity contribution in [1.82, 2.24) is 15.4 Å². The number of hydrogen-bond donors (Lipinski definition) is 3. The first-order valence-corrected chi connectivity index (χ1v) is 10.8. The van der Waals surface area contributed by atoms with Crippen LogP contribution < -0.4 is 15.4 Å². The molecule has 1 saturated carbocycles. The van der Waals surface area contributed by atoms with Crippen LogP contribution in [0, 0.1) is 0 Å². The highest BCUT2D eigenvalue weighted by atomic mass is 32.2. The molecular weight excluding hydrogens is 398 g/mol. The summed E-state index contributed by atoms with van der Waals surface area (Å²) < 4.78 is 31.4. The number of ether oxygens (including phenoxy) is 1. The van der Waals surface area contributed by atoms with Crippen LogP contribution in [0.1, 0.15) is 42.5 Å². The van der Waals surface area contributed by atoms with Crippen LogP contribution in [-0.4, -0.2) is 45.5 Å². The van der Waals surface area contributed by atoms with Gasteiger partial charge in [-0.3, -0.25) is 10.1 Å². The number of benzene rings is 1. The lowest BCUT2D eigenvalue weighted by Crippen LogP contribution is -2.46. The molecule has 0 saturated heterocycles. The molecule has 0 unspecified atom stereocenters. The number of rotatable bonds is 8. The van der Waals surface area contributed by atoms with Gasteiger partial charge in [0.15, 0.2) is 6.61 Å². The second kappa shape index (κ2) is 10.7. The van der Waals surface area contributed by atoms with Gasteiger partial charge in [0.1, 0.15) is 0 Å². The SMILES string of the molecule is C=CCNS(=O)(=O)c1cccc(C(=O)OCC(=O)NC(=O)NC2CCCCC2)c1. The van der Waals surface area contributed by atoms with Crippen molar-refractivity contribution in [3.63, 3.8) is 0 Å². The maximum absolute atomic E-state index is 12.1. The number of carbonyl (C=O) groups is 3. The fraction of sp³-hybridized carbons (Fsp3) is 0.421. The van der Waals surface area contributed by atoms with E-state index in [1.807, 2.05) is 0 Å². The van der Waals surface area contributed by atoms with Crippen LogP contribution in [-0.2, 0) is 19.6 Å². The quantitative estimate of drug-likeness (QED) is 0.429. The smallest absolute Gasteiger partial charge is 0.338 e. The van der Waals surface area contributed by atoms with Gasteiger partial charge in [0.2, 0.25) is 10.0 Å². The molecule has 9 nitrogen and oxygen atoms in total. The number of amides is 3. The minimum atomic E-state index is -3.80. The van der Waals surface area contributed by atoms with E-state index in [1.165, 1.54) is 24.3 Å². The molecule has 0 radical (unpaired) electrons. The molecule has 0 atom stereocenters. The van der Waals surface area contributed by atoms with Crippen LogP contribution in [0.15, 0.2) is 41.8 Å². The number of esters is 1. The maximum Gasteiger partial charge on any atom is 0.338 e. The molecule has 3 amide bonds. The lowest BCUT2D eigenvalue weighted by atomic mass is 9.96. The standard InChI is InChI=1S/C19H25N3O6S/c1-2-11-20-29(26,27)16-10-6-7-14(12-16)18(24)28-13-17(23)22-19(25)21-15-8-4-3-5-9-15/h2,6-7,10,12,15,20H,1,3-5,8-9,11,13H2,(H2,21,22,23,25). The zero-order valence-corrected chi connectivity index (χ0v) is 16.8. The van der Waals surface area contributed by atoms with Gasteiger partial charge in [-0.15, -0.1) is 6.58 Å². The molecule has 158 valence electrons. The van der Waals surface area contributed by atoms with E-state index >= 15 is 0 Å². The van der Waals surface area contributed by atoms with Gasteiger partial charge in [-0.2, -0.15) is 0 Å². The first-order chi connectivity index (χ1) is 13.8. The maximum atomic E-state index is 12.1. The highest BCUT2D eigenvalue weighted by Gasteiger charge is 2.19. The summed E-state index contributed by atoms with van der Waals surface area (Å²) >= 11 is 0. The van der Waals surface area contributed by atoms with Crippen molar-refractivity contribution in [3.05, 3.63) is 42.5 Å². The topological polar surface area (TPSA) is 131 Å². The summed E-state index contributed by atoms with van der Waals surface area (Å²) in [7, 11) is -3.80. The summed E-state index contributed by atoms with van der Waals surface area (Å²) in [5.74, 6) is -1.66. The van der Waals surface area contributed by atoms with Gasteiger partial charge < -0.3 is 10.1 Å². The fourth-order valence-electron chi connectivity index (χ4n) is 2.89. The van der Waals surface area contributed by atoms with E-state index in [-0.39, 0.29) is 23.0 Å². The largest absolute Gasteiger partial charge is 0.452 e. The molecule has 29 heavy (non-hydrogen) atoms. The van der Waals surface area contributed by atoms with E-state index in [4.69, 9.17) is 4.74 Å². The molecule has 1 aromatic carbocycles. The highest BCUT2D eigenvalue weighted by molar-refractivity contribution is 7.89. The summed E-state index contributed by atoms with van der Waals surface area (Å²) in [5.41, 5.74) is -0.0362. The zero-order chi connectivity index (χ0) is 21.3. The second-order valence-electron chi connectivity index (χ2n) is 6.60. The van der Waals surface area contributed by atoms with Crippen molar-refractivity contribution in [2.24, 2.45) is 0 Å². The highest BCUT2D eigenvalue weighted by Crippen LogP contribution is 2.17. The first-order valence-electron chi connectivity index (χ1n) is 9.30. The third kappa shape index (κ3) is 7.31. The van der Waals surface area contributed by atoms with Gasteiger partial charge in [0.25, 0.3) is 5.91 Å². The number of sulfonamides is 1. The molecule has 1 aromatic rings. The first kappa shape index (κ1) is 22.6. The van der Waals surface area contributed by atoms with Gasteiger partial charge in [0.05, 0.1) is 10.5 Å². The Labute approximate surface area is 169 Å². The molecule has 0 aliphatic heterocycles. The molecule has 0 spiro atoms. The Morgan fingerprint density at radius 2 is 1.90 bits per heavy atom. The number of imide groups is 1. The third-order valence-corrected chi connectivity index (χ3v) is 5.75. The Hall–Kier alpha value is -2.72. The lowest BCUT2D eigenvalue weighted by Gasteiger charge is -2.22. The van der Waals surface area contributed by atoms with Crippen LogP contribution in [0.5, 0.6) is 0 Å². The predicted molar refractivity (Wildman–Crippen MR) is 106 cm³/mol. The average molecular weight is 423 g/mol. The zero-order valence-electron chi connectivity index (χ0n) is 16.0. The molecule has 2 rings (SSSR count). The molecule has 1 fully saturated rings. The minimum absolute atomic E-state index is 0.0362. The van der Waals surface area contributed by atoms with Crippen LogP contribution >= 0.6 is 0 Å². The number of urea groups is 1. The Morgan fingerprint density at radius 3 is 2.59 bits per heavy atom. The van der Waals surface area contributed by atoms with Crippen molar-refractivity contribution in [2.75, 3.05) is 13.2 Å². The molecule has 10 heteroatoms. The summed E-state index contributed by atoms with van der Waals surface area (Å²) in [5, 5.41) is 4.83. The van der Waals surface area contributed by atoms with E-state index in [1.54, 1.807) is 0 Å². The van der Waals surface area contributed by atoms with Gasteiger partial charge in [-0.25, -0.2) is 22.7 Å². The Balaban J connectivity index is 1.85. The normalized spacial score (nSPS) is 14.6. The van der Waals surface area contributed by atoms with E-state index in [0.29, 0.717) is 0 Å².